The molecule has 1 heterocycles. The number of ether oxygens (including phenoxy) is 1. The lowest BCUT2D eigenvalue weighted by atomic mass is 10.1. The van der Waals surface area contributed by atoms with Gasteiger partial charge in [-0.3, -0.25) is 0 Å². The summed E-state index contributed by atoms with van der Waals surface area (Å²) in [7, 11) is 0. The molecule has 1 aromatic heterocycles. The summed E-state index contributed by atoms with van der Waals surface area (Å²) in [5, 5.41) is 21.2. The second-order valence-electron chi connectivity index (χ2n) is 4.39. The molecule has 0 aliphatic rings. The van der Waals surface area contributed by atoms with Crippen molar-refractivity contribution in [2.45, 2.75) is 32.4 Å². The van der Waals surface area contributed by atoms with Crippen LogP contribution in [0.2, 0.25) is 0 Å². The van der Waals surface area contributed by atoms with Crippen molar-refractivity contribution in [3.63, 3.8) is 0 Å². The van der Waals surface area contributed by atoms with E-state index in [-0.39, 0.29) is 19.3 Å². The average molecular weight is 241 g/mol. The molecule has 1 aromatic rings. The van der Waals surface area contributed by atoms with Crippen molar-refractivity contribution in [2.24, 2.45) is 0 Å². The lowest BCUT2D eigenvalue weighted by molar-refractivity contribution is 0.146. The van der Waals surface area contributed by atoms with Crippen LogP contribution >= 0.6 is 0 Å². The van der Waals surface area contributed by atoms with Crippen molar-refractivity contribution < 1.29 is 14.9 Å². The van der Waals surface area contributed by atoms with Gasteiger partial charge < -0.3 is 20.3 Å². The van der Waals surface area contributed by atoms with Gasteiger partial charge >= 0.3 is 0 Å². The van der Waals surface area contributed by atoms with Crippen molar-refractivity contribution in [2.75, 3.05) is 18.5 Å². The molecule has 0 saturated carbocycles. The van der Waals surface area contributed by atoms with E-state index in [0.29, 0.717) is 11.8 Å². The van der Waals surface area contributed by atoms with Gasteiger partial charge in [-0.25, -0.2) is 4.98 Å². The summed E-state index contributed by atoms with van der Waals surface area (Å²) in [6.45, 7) is 5.04. The summed E-state index contributed by atoms with van der Waals surface area (Å²) in [6.07, 6.45) is 1.59. The minimum absolute atomic E-state index is 0.0276. The van der Waals surface area contributed by atoms with Gasteiger partial charge in [0.05, 0.1) is 24.9 Å². The van der Waals surface area contributed by atoms with Crippen LogP contribution in [0.5, 0.6) is 5.88 Å². The molecule has 96 valence electrons. The van der Waals surface area contributed by atoms with E-state index in [1.165, 1.54) is 0 Å². The van der Waals surface area contributed by atoms with E-state index in [2.05, 4.69) is 15.3 Å². The maximum Gasteiger partial charge on any atom is 0.226 e. The fraction of sp³-hybridized carbons (Fsp3) is 0.636. The van der Waals surface area contributed by atoms with Crippen LogP contribution in [0, 0.1) is 0 Å². The van der Waals surface area contributed by atoms with E-state index in [0.717, 1.165) is 0 Å². The van der Waals surface area contributed by atoms with Gasteiger partial charge in [0.2, 0.25) is 11.8 Å². The maximum absolute atomic E-state index is 9.15. The zero-order chi connectivity index (χ0) is 12.9. The highest BCUT2D eigenvalue weighted by molar-refractivity contribution is 5.31. The zero-order valence-electron chi connectivity index (χ0n) is 10.3. The Morgan fingerprint density at radius 1 is 1.41 bits per heavy atom. The Morgan fingerprint density at radius 2 is 2.06 bits per heavy atom. The number of aliphatic hydroxyl groups is 2. The predicted molar refractivity (Wildman–Crippen MR) is 64.0 cm³/mol. The quantitative estimate of drug-likeness (QED) is 0.669. The van der Waals surface area contributed by atoms with Crippen LogP contribution in [-0.2, 0) is 0 Å². The number of anilines is 1. The summed E-state index contributed by atoms with van der Waals surface area (Å²) in [5.41, 5.74) is -0.851. The van der Waals surface area contributed by atoms with Crippen molar-refractivity contribution in [1.82, 2.24) is 9.97 Å². The Balaban J connectivity index is 2.78. The van der Waals surface area contributed by atoms with Gasteiger partial charge in [0.1, 0.15) is 0 Å². The molecule has 0 atom stereocenters. The lowest BCUT2D eigenvalue weighted by Crippen LogP contribution is -2.43. The van der Waals surface area contributed by atoms with Crippen LogP contribution in [0.15, 0.2) is 12.3 Å². The molecule has 3 N–H and O–H groups in total. The summed E-state index contributed by atoms with van der Waals surface area (Å²) < 4.78 is 5.42. The van der Waals surface area contributed by atoms with Gasteiger partial charge in [-0.05, 0) is 20.8 Å². The van der Waals surface area contributed by atoms with Crippen molar-refractivity contribution in [3.05, 3.63) is 12.3 Å². The third kappa shape index (κ3) is 4.16. The van der Waals surface area contributed by atoms with Crippen molar-refractivity contribution in [1.29, 1.82) is 0 Å². The van der Waals surface area contributed by atoms with Gasteiger partial charge in [-0.1, -0.05) is 0 Å². The second kappa shape index (κ2) is 5.79. The Hall–Kier alpha value is -1.40. The number of nitrogens with one attached hydrogen (secondary N) is 1. The minimum atomic E-state index is -0.851. The van der Waals surface area contributed by atoms with E-state index in [1.807, 2.05) is 13.8 Å². The van der Waals surface area contributed by atoms with Crippen LogP contribution in [0.1, 0.15) is 20.8 Å². The first-order valence-electron chi connectivity index (χ1n) is 5.49. The summed E-state index contributed by atoms with van der Waals surface area (Å²) in [5.74, 6) is 0.768. The number of rotatable bonds is 6. The minimum Gasteiger partial charge on any atom is -0.475 e. The largest absolute Gasteiger partial charge is 0.475 e. The Bertz CT molecular complexity index is 354. The van der Waals surface area contributed by atoms with Gasteiger partial charge in [-0.15, -0.1) is 0 Å². The Labute approximate surface area is 101 Å². The number of aliphatic hydroxyl groups excluding tert-OH is 2. The zero-order valence-corrected chi connectivity index (χ0v) is 10.3. The number of hydrogen-bond acceptors (Lipinski definition) is 6. The molecule has 0 amide bonds. The number of hydrogen-bond donors (Lipinski definition) is 3. The van der Waals surface area contributed by atoms with E-state index < -0.39 is 5.54 Å². The number of aromatic nitrogens is 2. The molecule has 0 aliphatic carbocycles. The van der Waals surface area contributed by atoms with Gasteiger partial charge in [0.15, 0.2) is 0 Å². The lowest BCUT2D eigenvalue weighted by Gasteiger charge is -2.26. The third-order valence-electron chi connectivity index (χ3n) is 2.10. The highest BCUT2D eigenvalue weighted by atomic mass is 16.5. The fourth-order valence-corrected chi connectivity index (χ4v) is 1.11. The smallest absolute Gasteiger partial charge is 0.226 e. The molecule has 17 heavy (non-hydrogen) atoms. The molecule has 0 fully saturated rings. The van der Waals surface area contributed by atoms with Crippen molar-refractivity contribution >= 4 is 5.95 Å². The first-order chi connectivity index (χ1) is 7.99. The first-order valence-corrected chi connectivity index (χ1v) is 5.49. The molecule has 0 aromatic carbocycles. The molecule has 0 radical (unpaired) electrons. The summed E-state index contributed by atoms with van der Waals surface area (Å²) in [6, 6.07) is 1.65. The SMILES string of the molecule is CC(C)Oc1ccnc(NC(C)(CO)CO)n1. The highest BCUT2D eigenvalue weighted by Crippen LogP contribution is 2.14. The molecular weight excluding hydrogens is 222 g/mol. The fourth-order valence-electron chi connectivity index (χ4n) is 1.11. The Kier molecular flexibility index (Phi) is 4.65. The standard InChI is InChI=1S/C11H19N3O3/c1-8(2)17-9-4-5-12-10(13-9)14-11(3,6-15)7-16/h4-5,8,15-16H,6-7H2,1-3H3,(H,12,13,14). The molecular formula is C11H19N3O3. The average Bonchev–Trinajstić information content (AvgIpc) is 2.28. The van der Waals surface area contributed by atoms with Crippen LogP contribution in [0.4, 0.5) is 5.95 Å². The van der Waals surface area contributed by atoms with Crippen LogP contribution in [-0.4, -0.2) is 45.0 Å². The molecule has 0 aliphatic heterocycles. The van der Waals surface area contributed by atoms with E-state index >= 15 is 0 Å². The van der Waals surface area contributed by atoms with Crippen LogP contribution in [0.3, 0.4) is 0 Å². The monoisotopic (exact) mass is 241 g/mol. The number of nitrogens with zero attached hydrogens (tertiary/aromatic N) is 2. The van der Waals surface area contributed by atoms with Gasteiger partial charge in [0, 0.05) is 12.3 Å². The van der Waals surface area contributed by atoms with Gasteiger partial charge in [-0.2, -0.15) is 4.98 Å². The molecule has 0 spiro atoms. The highest BCUT2D eigenvalue weighted by Gasteiger charge is 2.23. The normalized spacial score (nSPS) is 11.6. The molecule has 6 nitrogen and oxygen atoms in total. The predicted octanol–water partition coefficient (Wildman–Crippen LogP) is 0.419. The molecule has 6 heteroatoms. The summed E-state index contributed by atoms with van der Waals surface area (Å²) in [4.78, 5) is 8.13. The molecule has 1 rings (SSSR count). The molecule has 0 saturated heterocycles. The van der Waals surface area contributed by atoms with E-state index in [9.17, 15) is 0 Å². The second-order valence-corrected chi connectivity index (χ2v) is 4.39. The van der Waals surface area contributed by atoms with Crippen molar-refractivity contribution in [3.8, 4) is 5.88 Å². The van der Waals surface area contributed by atoms with E-state index in [1.54, 1.807) is 19.2 Å². The van der Waals surface area contributed by atoms with Crippen LogP contribution in [0.25, 0.3) is 0 Å². The van der Waals surface area contributed by atoms with Crippen LogP contribution < -0.4 is 10.1 Å². The first kappa shape index (κ1) is 13.7. The third-order valence-corrected chi connectivity index (χ3v) is 2.10. The maximum atomic E-state index is 9.15. The van der Waals surface area contributed by atoms with Gasteiger partial charge in [0.25, 0.3) is 0 Å². The molecule has 0 bridgehead atoms. The molecule has 0 unspecified atom stereocenters. The van der Waals surface area contributed by atoms with E-state index in [4.69, 9.17) is 14.9 Å². The topological polar surface area (TPSA) is 87.5 Å². The summed E-state index contributed by atoms with van der Waals surface area (Å²) >= 11 is 0. The Morgan fingerprint density at radius 3 is 2.59 bits per heavy atom.